The second kappa shape index (κ2) is 8.59. The summed E-state index contributed by atoms with van der Waals surface area (Å²) in [5.41, 5.74) is 1.46. The molecule has 4 rings (SSSR count). The summed E-state index contributed by atoms with van der Waals surface area (Å²) in [6.45, 7) is 3.94. The summed E-state index contributed by atoms with van der Waals surface area (Å²) in [5, 5.41) is 13.3. The highest BCUT2D eigenvalue weighted by Crippen LogP contribution is 2.39. The number of alkyl halides is 3. The van der Waals surface area contributed by atoms with Gasteiger partial charge in [-0.3, -0.25) is 4.79 Å². The fourth-order valence-corrected chi connectivity index (χ4v) is 4.69. The number of rotatable bonds is 4. The fraction of sp³-hybridized carbons (Fsp3) is 0.364. The van der Waals surface area contributed by atoms with E-state index in [2.05, 4.69) is 10.3 Å². The molecule has 0 fully saturated rings. The number of anilines is 2. The van der Waals surface area contributed by atoms with Gasteiger partial charge in [-0.05, 0) is 51.0 Å². The minimum absolute atomic E-state index is 0.134. The molecule has 1 aromatic carbocycles. The van der Waals surface area contributed by atoms with Crippen LogP contribution in [-0.2, 0) is 15.7 Å². The first-order valence-corrected chi connectivity index (χ1v) is 10.9. The molecular formula is C22H22F3N3O3S. The third-order valence-electron chi connectivity index (χ3n) is 5.46. The van der Waals surface area contributed by atoms with Crippen LogP contribution in [0.3, 0.4) is 0 Å². The number of nitrogens with zero attached hydrogens (tertiary/aromatic N) is 2. The molecule has 0 unspecified atom stereocenters. The van der Waals surface area contributed by atoms with Gasteiger partial charge >= 0.3 is 6.18 Å². The van der Waals surface area contributed by atoms with Crippen LogP contribution in [0.5, 0.6) is 0 Å². The summed E-state index contributed by atoms with van der Waals surface area (Å²) in [4.78, 5) is 20.6. The van der Waals surface area contributed by atoms with Crippen LogP contribution >= 0.6 is 11.3 Å². The highest BCUT2D eigenvalue weighted by Gasteiger charge is 2.37. The van der Waals surface area contributed by atoms with Gasteiger partial charge in [0.15, 0.2) is 10.9 Å². The number of amides is 1. The van der Waals surface area contributed by atoms with Gasteiger partial charge in [0.25, 0.3) is 5.91 Å². The van der Waals surface area contributed by atoms with E-state index in [-0.39, 0.29) is 24.9 Å². The van der Waals surface area contributed by atoms with Crippen molar-refractivity contribution in [3.63, 3.8) is 0 Å². The molecule has 0 radical (unpaired) electrons. The van der Waals surface area contributed by atoms with Crippen LogP contribution in [0.25, 0.3) is 0 Å². The molecule has 0 bridgehead atoms. The molecule has 10 heteroatoms. The SMILES string of the molecule is Cc1nc(N2C3=C(OC[C@@H]2CO)C(C(=O)Nc2ccc(C(F)(F)F)cc2)=CCC3)sc1C. The van der Waals surface area contributed by atoms with Crippen molar-refractivity contribution >= 4 is 28.1 Å². The molecule has 0 spiro atoms. The number of hydrogen-bond acceptors (Lipinski definition) is 6. The molecule has 1 amide bonds. The average molecular weight is 465 g/mol. The van der Waals surface area contributed by atoms with Crippen molar-refractivity contribution in [1.29, 1.82) is 0 Å². The Kier molecular flexibility index (Phi) is 6.00. The van der Waals surface area contributed by atoms with E-state index in [9.17, 15) is 23.1 Å². The number of aromatic nitrogens is 1. The largest absolute Gasteiger partial charge is 0.489 e. The fourth-order valence-electron chi connectivity index (χ4n) is 3.68. The Hall–Kier alpha value is -2.85. The Morgan fingerprint density at radius 1 is 1.31 bits per heavy atom. The molecule has 32 heavy (non-hydrogen) atoms. The summed E-state index contributed by atoms with van der Waals surface area (Å²) < 4.78 is 44.2. The van der Waals surface area contributed by atoms with Gasteiger partial charge in [0.2, 0.25) is 0 Å². The Morgan fingerprint density at radius 3 is 2.62 bits per heavy atom. The molecule has 0 saturated carbocycles. The highest BCUT2D eigenvalue weighted by molar-refractivity contribution is 7.15. The first-order valence-electron chi connectivity index (χ1n) is 10.1. The molecule has 2 heterocycles. The Labute approximate surface area is 187 Å². The maximum atomic E-state index is 13.0. The van der Waals surface area contributed by atoms with Crippen LogP contribution in [0.4, 0.5) is 24.0 Å². The number of benzene rings is 1. The molecule has 0 saturated heterocycles. The van der Waals surface area contributed by atoms with Gasteiger partial charge in [0, 0.05) is 10.6 Å². The Balaban J connectivity index is 1.61. The van der Waals surface area contributed by atoms with E-state index in [0.717, 1.165) is 33.5 Å². The number of thiazole rings is 1. The predicted molar refractivity (Wildman–Crippen MR) is 115 cm³/mol. The quantitative estimate of drug-likeness (QED) is 0.693. The van der Waals surface area contributed by atoms with Crippen molar-refractivity contribution in [2.75, 3.05) is 23.4 Å². The summed E-state index contributed by atoms with van der Waals surface area (Å²) >= 11 is 1.51. The lowest BCUT2D eigenvalue weighted by Gasteiger charge is -2.39. The third-order valence-corrected chi connectivity index (χ3v) is 6.53. The lowest BCUT2D eigenvalue weighted by Crippen LogP contribution is -2.46. The molecule has 1 aliphatic carbocycles. The number of halogens is 3. The molecular weight excluding hydrogens is 443 g/mol. The Bertz CT molecular complexity index is 1070. The second-order valence-electron chi connectivity index (χ2n) is 7.62. The number of carbonyl (C=O) groups excluding carboxylic acids is 1. The van der Waals surface area contributed by atoms with Gasteiger partial charge in [-0.1, -0.05) is 6.08 Å². The molecule has 1 aromatic heterocycles. The van der Waals surface area contributed by atoms with E-state index in [1.165, 1.54) is 23.5 Å². The molecule has 6 nitrogen and oxygen atoms in total. The van der Waals surface area contributed by atoms with Crippen molar-refractivity contribution in [1.82, 2.24) is 4.98 Å². The first kappa shape index (κ1) is 22.3. The van der Waals surface area contributed by atoms with Crippen LogP contribution in [0.2, 0.25) is 0 Å². The van der Waals surface area contributed by atoms with Gasteiger partial charge in [-0.15, -0.1) is 11.3 Å². The number of aryl methyl sites for hydroxylation is 2. The van der Waals surface area contributed by atoms with Gasteiger partial charge in [-0.2, -0.15) is 13.2 Å². The van der Waals surface area contributed by atoms with Crippen molar-refractivity contribution in [3.05, 3.63) is 63.5 Å². The average Bonchev–Trinajstić information content (AvgIpc) is 3.09. The van der Waals surface area contributed by atoms with E-state index in [1.54, 1.807) is 6.08 Å². The van der Waals surface area contributed by atoms with Gasteiger partial charge in [0.1, 0.15) is 6.61 Å². The highest BCUT2D eigenvalue weighted by atomic mass is 32.1. The zero-order valence-corrected chi connectivity index (χ0v) is 18.3. The molecule has 2 aliphatic rings. The van der Waals surface area contributed by atoms with Gasteiger partial charge in [0.05, 0.1) is 35.2 Å². The van der Waals surface area contributed by atoms with Crippen molar-refractivity contribution in [2.45, 2.75) is 38.9 Å². The van der Waals surface area contributed by atoms with Crippen LogP contribution in [-0.4, -0.2) is 35.3 Å². The second-order valence-corrected chi connectivity index (χ2v) is 8.80. The lowest BCUT2D eigenvalue weighted by molar-refractivity contribution is -0.137. The minimum atomic E-state index is -4.44. The molecule has 1 atom stereocenters. The summed E-state index contributed by atoms with van der Waals surface area (Å²) in [6, 6.07) is 3.96. The third kappa shape index (κ3) is 4.24. The number of nitrogens with one attached hydrogen (secondary N) is 1. The normalized spacial score (nSPS) is 18.8. The van der Waals surface area contributed by atoms with Crippen LogP contribution in [0.1, 0.15) is 29.0 Å². The molecule has 2 N–H and O–H groups in total. The van der Waals surface area contributed by atoms with Crippen molar-refractivity contribution < 1.29 is 27.8 Å². The zero-order valence-electron chi connectivity index (χ0n) is 17.5. The van der Waals surface area contributed by atoms with Crippen LogP contribution < -0.4 is 10.2 Å². The Morgan fingerprint density at radius 2 is 2.03 bits per heavy atom. The number of ether oxygens (including phenoxy) is 1. The van der Waals surface area contributed by atoms with Gasteiger partial charge in [-0.25, -0.2) is 4.98 Å². The minimum Gasteiger partial charge on any atom is -0.489 e. The van der Waals surface area contributed by atoms with Crippen LogP contribution in [0.15, 0.2) is 47.4 Å². The van der Waals surface area contributed by atoms with Crippen molar-refractivity contribution in [3.8, 4) is 0 Å². The summed E-state index contributed by atoms with van der Waals surface area (Å²) in [5.74, 6) is -0.0540. The zero-order chi connectivity index (χ0) is 23.0. The first-order chi connectivity index (χ1) is 15.2. The molecule has 170 valence electrons. The van der Waals surface area contributed by atoms with E-state index in [1.807, 2.05) is 18.7 Å². The summed E-state index contributed by atoms with van der Waals surface area (Å²) in [7, 11) is 0. The number of aliphatic hydroxyl groups excluding tert-OH is 1. The predicted octanol–water partition coefficient (Wildman–Crippen LogP) is 4.55. The lowest BCUT2D eigenvalue weighted by atomic mass is 9.98. The van der Waals surface area contributed by atoms with Crippen molar-refractivity contribution in [2.24, 2.45) is 0 Å². The molecule has 2 aromatic rings. The van der Waals surface area contributed by atoms with E-state index in [4.69, 9.17) is 4.74 Å². The maximum Gasteiger partial charge on any atom is 0.416 e. The van der Waals surface area contributed by atoms with E-state index < -0.39 is 17.6 Å². The smallest absolute Gasteiger partial charge is 0.416 e. The van der Waals surface area contributed by atoms with E-state index >= 15 is 0 Å². The number of hydrogen-bond donors (Lipinski definition) is 2. The van der Waals surface area contributed by atoms with E-state index in [0.29, 0.717) is 24.2 Å². The maximum absolute atomic E-state index is 13.0. The standard InChI is InChI=1S/C22H22F3N3O3S/c1-12-13(2)32-21(26-12)28-16(10-29)11-31-19-17(4-3-5-18(19)28)20(30)27-15-8-6-14(7-9-15)22(23,24)25/h4,6-9,16,29H,3,5,10-11H2,1-2H3,(H,27,30)/t16-/m0/s1. The number of allylic oxidation sites excluding steroid dienone is 2. The topological polar surface area (TPSA) is 74.7 Å². The molecule has 1 aliphatic heterocycles. The summed E-state index contributed by atoms with van der Waals surface area (Å²) in [6.07, 6.45) is -1.49. The monoisotopic (exact) mass is 465 g/mol. The van der Waals surface area contributed by atoms with Gasteiger partial charge < -0.3 is 20.1 Å². The van der Waals surface area contributed by atoms with Crippen LogP contribution in [0, 0.1) is 13.8 Å². The number of aliphatic hydroxyl groups is 1. The number of carbonyl (C=O) groups is 1.